The van der Waals surface area contributed by atoms with Gasteiger partial charge in [0.1, 0.15) is 0 Å². The highest BCUT2D eigenvalue weighted by molar-refractivity contribution is 7.10. The molecule has 1 aliphatic heterocycles. The summed E-state index contributed by atoms with van der Waals surface area (Å²) in [5.41, 5.74) is 1.24. The number of amides is 2. The number of rotatable bonds is 6. The number of hydrogen-bond donors (Lipinski definition) is 2. The van der Waals surface area contributed by atoms with Gasteiger partial charge in [-0.15, -0.1) is 11.3 Å². The maximum absolute atomic E-state index is 11.6. The number of thiophene rings is 1. The van der Waals surface area contributed by atoms with Crippen molar-refractivity contribution in [1.29, 1.82) is 0 Å². The molecule has 1 aliphatic rings. The minimum absolute atomic E-state index is 0.0835. The maximum Gasteiger partial charge on any atom is 0.315 e. The first kappa shape index (κ1) is 15.3. The summed E-state index contributed by atoms with van der Waals surface area (Å²) in [6.45, 7) is 8.07. The maximum atomic E-state index is 11.6. The molecular formula is C14H23N3O2S. The Hall–Kier alpha value is -1.11. The Morgan fingerprint density at radius 1 is 1.40 bits per heavy atom. The van der Waals surface area contributed by atoms with Crippen LogP contribution in [0.1, 0.15) is 16.9 Å². The molecule has 1 fully saturated rings. The van der Waals surface area contributed by atoms with Crippen molar-refractivity contribution in [2.24, 2.45) is 0 Å². The summed E-state index contributed by atoms with van der Waals surface area (Å²) >= 11 is 1.68. The molecule has 20 heavy (non-hydrogen) atoms. The van der Waals surface area contributed by atoms with Crippen molar-refractivity contribution in [1.82, 2.24) is 15.5 Å². The van der Waals surface area contributed by atoms with Crippen molar-refractivity contribution in [2.45, 2.75) is 19.9 Å². The van der Waals surface area contributed by atoms with Crippen molar-refractivity contribution in [3.05, 3.63) is 21.9 Å². The summed E-state index contributed by atoms with van der Waals surface area (Å²) < 4.78 is 5.30. The minimum atomic E-state index is -0.0835. The SMILES string of the molecule is Cc1ccsc1CNC(=O)NCCCN1CCOCC1. The zero-order chi connectivity index (χ0) is 14.2. The van der Waals surface area contributed by atoms with E-state index < -0.39 is 0 Å². The zero-order valence-corrected chi connectivity index (χ0v) is 12.8. The highest BCUT2D eigenvalue weighted by Crippen LogP contribution is 2.14. The van der Waals surface area contributed by atoms with E-state index in [1.165, 1.54) is 10.4 Å². The fourth-order valence-corrected chi connectivity index (χ4v) is 2.98. The second-order valence-corrected chi connectivity index (χ2v) is 5.94. The van der Waals surface area contributed by atoms with Crippen LogP contribution in [0.2, 0.25) is 0 Å². The highest BCUT2D eigenvalue weighted by atomic mass is 32.1. The van der Waals surface area contributed by atoms with Crippen molar-refractivity contribution in [3.63, 3.8) is 0 Å². The Kier molecular flexibility index (Phi) is 6.29. The first-order chi connectivity index (χ1) is 9.75. The first-order valence-electron chi connectivity index (χ1n) is 7.10. The molecule has 0 spiro atoms. The Balaban J connectivity index is 1.53. The molecule has 0 radical (unpaired) electrons. The van der Waals surface area contributed by atoms with Gasteiger partial charge in [0.05, 0.1) is 19.8 Å². The molecular weight excluding hydrogens is 274 g/mol. The predicted octanol–water partition coefficient (Wildman–Crippen LogP) is 1.58. The molecule has 0 bridgehead atoms. The van der Waals surface area contributed by atoms with Gasteiger partial charge < -0.3 is 15.4 Å². The molecule has 2 heterocycles. The van der Waals surface area contributed by atoms with Crippen LogP contribution in [0.3, 0.4) is 0 Å². The smallest absolute Gasteiger partial charge is 0.315 e. The van der Waals surface area contributed by atoms with Crippen LogP contribution in [0.25, 0.3) is 0 Å². The van der Waals surface area contributed by atoms with E-state index in [4.69, 9.17) is 4.74 Å². The third kappa shape index (κ3) is 5.11. The fourth-order valence-electron chi connectivity index (χ4n) is 2.14. The number of carbonyl (C=O) groups excluding carboxylic acids is 1. The third-order valence-corrected chi connectivity index (χ3v) is 4.44. The van der Waals surface area contributed by atoms with Gasteiger partial charge in [-0.1, -0.05) is 0 Å². The summed E-state index contributed by atoms with van der Waals surface area (Å²) in [5.74, 6) is 0. The molecule has 2 amide bonds. The summed E-state index contributed by atoms with van der Waals surface area (Å²) in [6.07, 6.45) is 0.978. The van der Waals surface area contributed by atoms with Crippen LogP contribution in [0.15, 0.2) is 11.4 Å². The van der Waals surface area contributed by atoms with Gasteiger partial charge >= 0.3 is 6.03 Å². The highest BCUT2D eigenvalue weighted by Gasteiger charge is 2.09. The van der Waals surface area contributed by atoms with Crippen molar-refractivity contribution < 1.29 is 9.53 Å². The van der Waals surface area contributed by atoms with Crippen LogP contribution in [0.5, 0.6) is 0 Å². The van der Waals surface area contributed by atoms with Crippen LogP contribution >= 0.6 is 11.3 Å². The van der Waals surface area contributed by atoms with E-state index in [1.54, 1.807) is 11.3 Å². The Morgan fingerprint density at radius 3 is 2.90 bits per heavy atom. The van der Waals surface area contributed by atoms with Gasteiger partial charge in [0, 0.05) is 24.5 Å². The van der Waals surface area contributed by atoms with E-state index in [9.17, 15) is 4.79 Å². The van der Waals surface area contributed by atoms with Gasteiger partial charge in [-0.2, -0.15) is 0 Å². The normalized spacial score (nSPS) is 16.1. The number of urea groups is 1. The van der Waals surface area contributed by atoms with Crippen molar-refractivity contribution in [3.8, 4) is 0 Å². The molecule has 1 aromatic heterocycles. The minimum Gasteiger partial charge on any atom is -0.379 e. The van der Waals surface area contributed by atoms with Crippen molar-refractivity contribution in [2.75, 3.05) is 39.4 Å². The van der Waals surface area contributed by atoms with E-state index in [2.05, 4.69) is 28.5 Å². The Labute approximate surface area is 124 Å². The van der Waals surface area contributed by atoms with Gasteiger partial charge in [-0.25, -0.2) is 4.79 Å². The lowest BCUT2D eigenvalue weighted by atomic mass is 10.3. The lowest BCUT2D eigenvalue weighted by molar-refractivity contribution is 0.0375. The van der Waals surface area contributed by atoms with Crippen LogP contribution in [-0.2, 0) is 11.3 Å². The molecule has 0 aromatic carbocycles. The van der Waals surface area contributed by atoms with Crippen LogP contribution in [0, 0.1) is 6.92 Å². The lowest BCUT2D eigenvalue weighted by Gasteiger charge is -2.26. The van der Waals surface area contributed by atoms with E-state index in [-0.39, 0.29) is 6.03 Å². The van der Waals surface area contributed by atoms with Crippen LogP contribution in [-0.4, -0.2) is 50.3 Å². The largest absolute Gasteiger partial charge is 0.379 e. The van der Waals surface area contributed by atoms with Crippen LogP contribution in [0.4, 0.5) is 4.79 Å². The van der Waals surface area contributed by atoms with Gasteiger partial charge in [-0.05, 0) is 36.9 Å². The molecule has 5 nitrogen and oxygen atoms in total. The average molecular weight is 297 g/mol. The molecule has 6 heteroatoms. The van der Waals surface area contributed by atoms with E-state index >= 15 is 0 Å². The van der Waals surface area contributed by atoms with Gasteiger partial charge in [0.15, 0.2) is 0 Å². The number of carbonyl (C=O) groups is 1. The molecule has 0 aliphatic carbocycles. The number of hydrogen-bond acceptors (Lipinski definition) is 4. The Morgan fingerprint density at radius 2 is 2.20 bits per heavy atom. The summed E-state index contributed by atoms with van der Waals surface area (Å²) in [6, 6.07) is 1.99. The molecule has 0 saturated carbocycles. The van der Waals surface area contributed by atoms with Gasteiger partial charge in [-0.3, -0.25) is 4.90 Å². The third-order valence-electron chi connectivity index (χ3n) is 3.42. The first-order valence-corrected chi connectivity index (χ1v) is 7.98. The molecule has 2 rings (SSSR count). The number of morpholine rings is 1. The van der Waals surface area contributed by atoms with Gasteiger partial charge in [0.25, 0.3) is 0 Å². The molecule has 112 valence electrons. The number of aryl methyl sites for hydroxylation is 1. The molecule has 1 aromatic rings. The predicted molar refractivity (Wildman–Crippen MR) is 81.2 cm³/mol. The summed E-state index contributed by atoms with van der Waals surface area (Å²) in [4.78, 5) is 15.2. The molecule has 0 unspecified atom stereocenters. The second kappa shape index (κ2) is 8.24. The summed E-state index contributed by atoms with van der Waals surface area (Å²) in [5, 5.41) is 7.84. The summed E-state index contributed by atoms with van der Waals surface area (Å²) in [7, 11) is 0. The molecule has 2 N–H and O–H groups in total. The second-order valence-electron chi connectivity index (χ2n) is 4.94. The van der Waals surface area contributed by atoms with E-state index in [1.807, 2.05) is 5.38 Å². The van der Waals surface area contributed by atoms with E-state index in [0.29, 0.717) is 13.1 Å². The zero-order valence-electron chi connectivity index (χ0n) is 12.0. The fraction of sp³-hybridized carbons (Fsp3) is 0.643. The number of nitrogens with one attached hydrogen (secondary N) is 2. The lowest BCUT2D eigenvalue weighted by Crippen LogP contribution is -2.39. The quantitative estimate of drug-likeness (QED) is 0.784. The topological polar surface area (TPSA) is 53.6 Å². The number of nitrogens with zero attached hydrogens (tertiary/aromatic N) is 1. The molecule has 1 saturated heterocycles. The molecule has 0 atom stereocenters. The van der Waals surface area contributed by atoms with Gasteiger partial charge in [0.2, 0.25) is 0 Å². The average Bonchev–Trinajstić information content (AvgIpc) is 2.88. The van der Waals surface area contributed by atoms with Crippen LogP contribution < -0.4 is 10.6 Å². The standard InChI is InChI=1S/C14H23N3O2S/c1-12-3-10-20-13(12)11-16-14(18)15-4-2-5-17-6-8-19-9-7-17/h3,10H,2,4-9,11H2,1H3,(H2,15,16,18). The Bertz CT molecular complexity index is 416. The number of ether oxygens (including phenoxy) is 1. The van der Waals surface area contributed by atoms with E-state index in [0.717, 1.165) is 39.3 Å². The van der Waals surface area contributed by atoms with Crippen molar-refractivity contribution >= 4 is 17.4 Å². The monoisotopic (exact) mass is 297 g/mol.